The predicted molar refractivity (Wildman–Crippen MR) is 98.5 cm³/mol. The second kappa shape index (κ2) is 7.43. The smallest absolute Gasteiger partial charge is 0.270 e. The van der Waals surface area contributed by atoms with Gasteiger partial charge in [-0.1, -0.05) is 23.2 Å². The molecule has 0 aliphatic carbocycles. The van der Waals surface area contributed by atoms with Gasteiger partial charge in [-0.2, -0.15) is 0 Å². The van der Waals surface area contributed by atoms with E-state index in [2.05, 4.69) is 15.2 Å². The van der Waals surface area contributed by atoms with Gasteiger partial charge in [0.15, 0.2) is 5.75 Å². The summed E-state index contributed by atoms with van der Waals surface area (Å²) in [6.07, 6.45) is 1.61. The Bertz CT molecular complexity index is 834. The summed E-state index contributed by atoms with van der Waals surface area (Å²) in [5.74, 6) is 0.221. The summed E-state index contributed by atoms with van der Waals surface area (Å²) < 4.78 is 5.59. The molecule has 0 radical (unpaired) electrons. The van der Waals surface area contributed by atoms with Crippen LogP contribution in [0.2, 0.25) is 10.0 Å². The summed E-state index contributed by atoms with van der Waals surface area (Å²) in [6, 6.07) is 4.51. The molecule has 0 bridgehead atoms. The average molecular weight is 385 g/mol. The Morgan fingerprint density at radius 1 is 1.28 bits per heavy atom. The molecule has 0 atom stereocenters. The first-order valence-corrected chi connectivity index (χ1v) is 8.03. The van der Waals surface area contributed by atoms with Crippen LogP contribution in [0.1, 0.15) is 19.4 Å². The number of aromatic amines is 1. The van der Waals surface area contributed by atoms with Gasteiger partial charge >= 0.3 is 0 Å². The number of H-pyrrole nitrogens is 1. The molecule has 2 aromatic rings. The Hall–Kier alpha value is -2.09. The van der Waals surface area contributed by atoms with Gasteiger partial charge in [0.1, 0.15) is 0 Å². The first-order valence-electron chi connectivity index (χ1n) is 7.28. The number of rotatable bonds is 5. The molecule has 2 N–H and O–H groups in total. The third-order valence-electron chi connectivity index (χ3n) is 3.07. The van der Waals surface area contributed by atoms with Crippen LogP contribution < -0.4 is 10.3 Å². The van der Waals surface area contributed by atoms with Crippen molar-refractivity contribution < 1.29 is 9.84 Å². The van der Waals surface area contributed by atoms with Crippen molar-refractivity contribution in [1.29, 1.82) is 0 Å². The van der Waals surface area contributed by atoms with Crippen LogP contribution in [-0.4, -0.2) is 40.6 Å². The Kier molecular flexibility index (Phi) is 5.72. The molecule has 0 aliphatic heterocycles. The van der Waals surface area contributed by atoms with Crippen LogP contribution in [0.5, 0.6) is 11.6 Å². The number of aliphatic hydroxyl groups is 1. The molecular weight excluding hydrogens is 367 g/mol. The van der Waals surface area contributed by atoms with Gasteiger partial charge in [-0.25, -0.2) is 10.1 Å². The van der Waals surface area contributed by atoms with Crippen molar-refractivity contribution in [2.75, 3.05) is 14.1 Å². The van der Waals surface area contributed by atoms with E-state index in [1.807, 2.05) is 14.1 Å². The van der Waals surface area contributed by atoms with Gasteiger partial charge in [0.25, 0.3) is 5.56 Å². The zero-order valence-electron chi connectivity index (χ0n) is 14.2. The maximum absolute atomic E-state index is 11.8. The van der Waals surface area contributed by atoms with Crippen LogP contribution in [0.15, 0.2) is 28.0 Å². The van der Waals surface area contributed by atoms with Crippen LogP contribution in [-0.2, 0) is 5.60 Å². The molecule has 0 aliphatic rings. The van der Waals surface area contributed by atoms with Crippen LogP contribution in [0, 0.1) is 0 Å². The minimum Gasteiger partial charge on any atom is -0.434 e. The van der Waals surface area contributed by atoms with Gasteiger partial charge in [0.2, 0.25) is 5.88 Å². The van der Waals surface area contributed by atoms with E-state index < -0.39 is 11.2 Å². The Morgan fingerprint density at radius 3 is 2.40 bits per heavy atom. The molecule has 134 valence electrons. The lowest BCUT2D eigenvalue weighted by molar-refractivity contribution is 0.0765. The molecule has 2 rings (SSSR count). The number of aliphatic imine (C=N–C) groups is 1. The summed E-state index contributed by atoms with van der Waals surface area (Å²) >= 11 is 12.4. The first kappa shape index (κ1) is 19.2. The number of nitrogens with one attached hydrogen (secondary N) is 1. The number of hydrogen-bond donors (Lipinski definition) is 2. The van der Waals surface area contributed by atoms with Gasteiger partial charge < -0.3 is 14.7 Å². The third-order valence-corrected chi connectivity index (χ3v) is 3.63. The third kappa shape index (κ3) is 4.94. The summed E-state index contributed by atoms with van der Waals surface area (Å²) in [7, 11) is 3.68. The molecule has 7 nitrogen and oxygen atoms in total. The molecular formula is C16H18Cl2N4O3. The fourth-order valence-electron chi connectivity index (χ4n) is 1.90. The predicted octanol–water partition coefficient (Wildman–Crippen LogP) is 3.32. The van der Waals surface area contributed by atoms with E-state index in [0.29, 0.717) is 5.69 Å². The largest absolute Gasteiger partial charge is 0.434 e. The normalized spacial score (nSPS) is 11.8. The quantitative estimate of drug-likeness (QED) is 0.609. The SMILES string of the molecule is CN(C)C=Nc1cc(Cl)c(Oc2cc(C(C)(C)O)c(=O)[nH]n2)c(Cl)c1. The van der Waals surface area contributed by atoms with Gasteiger partial charge in [0, 0.05) is 20.2 Å². The Morgan fingerprint density at radius 2 is 1.88 bits per heavy atom. The molecule has 0 fully saturated rings. The number of halogens is 2. The molecule has 0 saturated heterocycles. The maximum atomic E-state index is 11.8. The number of hydrogen-bond acceptors (Lipinski definition) is 5. The van der Waals surface area contributed by atoms with Gasteiger partial charge in [-0.15, -0.1) is 5.10 Å². The summed E-state index contributed by atoms with van der Waals surface area (Å²) in [5.41, 5.74) is -1.20. The highest BCUT2D eigenvalue weighted by Crippen LogP contribution is 2.39. The van der Waals surface area contributed by atoms with Gasteiger partial charge in [0.05, 0.1) is 33.2 Å². The van der Waals surface area contributed by atoms with E-state index in [4.69, 9.17) is 27.9 Å². The van der Waals surface area contributed by atoms with Crippen molar-refractivity contribution in [3.05, 3.63) is 44.2 Å². The van der Waals surface area contributed by atoms with E-state index in [-0.39, 0.29) is 27.2 Å². The molecule has 0 saturated carbocycles. The summed E-state index contributed by atoms with van der Waals surface area (Å²) in [6.45, 7) is 2.97. The van der Waals surface area contributed by atoms with Crippen molar-refractivity contribution >= 4 is 35.2 Å². The van der Waals surface area contributed by atoms with Crippen LogP contribution in [0.4, 0.5) is 5.69 Å². The van der Waals surface area contributed by atoms with E-state index in [0.717, 1.165) is 0 Å². The minimum absolute atomic E-state index is 0.0464. The number of benzene rings is 1. The molecule has 9 heteroatoms. The molecule has 1 aromatic heterocycles. The fourth-order valence-corrected chi connectivity index (χ4v) is 2.45. The average Bonchev–Trinajstić information content (AvgIpc) is 2.49. The Labute approximate surface area is 154 Å². The van der Waals surface area contributed by atoms with Gasteiger partial charge in [-0.05, 0) is 26.0 Å². The van der Waals surface area contributed by atoms with Crippen LogP contribution in [0.3, 0.4) is 0 Å². The van der Waals surface area contributed by atoms with E-state index in [1.54, 1.807) is 23.4 Å². The Balaban J connectivity index is 2.37. The monoisotopic (exact) mass is 384 g/mol. The second-order valence-corrected chi connectivity index (χ2v) is 6.87. The standard InChI is InChI=1S/C16H18Cl2N4O3/c1-16(2,24)10-7-13(20-21-15(10)23)25-14-11(17)5-9(6-12(14)18)19-8-22(3)4/h5-8,24H,1-4H3,(H,21,23). The highest BCUT2D eigenvalue weighted by molar-refractivity contribution is 6.37. The second-order valence-electron chi connectivity index (χ2n) is 6.06. The fraction of sp³-hybridized carbons (Fsp3) is 0.312. The van der Waals surface area contributed by atoms with Crippen molar-refractivity contribution in [3.63, 3.8) is 0 Å². The van der Waals surface area contributed by atoms with Crippen molar-refractivity contribution in [3.8, 4) is 11.6 Å². The molecule has 25 heavy (non-hydrogen) atoms. The zero-order chi connectivity index (χ0) is 18.8. The van der Waals surface area contributed by atoms with Gasteiger partial charge in [-0.3, -0.25) is 4.79 Å². The van der Waals surface area contributed by atoms with Crippen molar-refractivity contribution in [2.45, 2.75) is 19.4 Å². The maximum Gasteiger partial charge on any atom is 0.270 e. The van der Waals surface area contributed by atoms with Crippen LogP contribution in [0.25, 0.3) is 0 Å². The molecule has 1 heterocycles. The van der Waals surface area contributed by atoms with Crippen molar-refractivity contribution in [1.82, 2.24) is 15.1 Å². The highest BCUT2D eigenvalue weighted by atomic mass is 35.5. The molecule has 0 spiro atoms. The molecule has 1 aromatic carbocycles. The molecule has 0 unspecified atom stereocenters. The topological polar surface area (TPSA) is 90.8 Å². The number of ether oxygens (including phenoxy) is 1. The lowest BCUT2D eigenvalue weighted by Gasteiger charge is -2.17. The zero-order valence-corrected chi connectivity index (χ0v) is 15.7. The lowest BCUT2D eigenvalue weighted by atomic mass is 10.0. The van der Waals surface area contributed by atoms with Crippen LogP contribution >= 0.6 is 23.2 Å². The van der Waals surface area contributed by atoms with E-state index in [9.17, 15) is 9.90 Å². The summed E-state index contributed by atoms with van der Waals surface area (Å²) in [4.78, 5) is 17.8. The first-order chi connectivity index (χ1) is 11.6. The highest BCUT2D eigenvalue weighted by Gasteiger charge is 2.22. The number of nitrogens with zero attached hydrogens (tertiary/aromatic N) is 3. The minimum atomic E-state index is -1.35. The number of aromatic nitrogens is 2. The van der Waals surface area contributed by atoms with E-state index in [1.165, 1.54) is 19.9 Å². The summed E-state index contributed by atoms with van der Waals surface area (Å²) in [5, 5.41) is 16.6. The van der Waals surface area contributed by atoms with E-state index >= 15 is 0 Å². The molecule has 0 amide bonds. The van der Waals surface area contributed by atoms with Crippen molar-refractivity contribution in [2.24, 2.45) is 4.99 Å². The lowest BCUT2D eigenvalue weighted by Crippen LogP contribution is -2.27.